The predicted molar refractivity (Wildman–Crippen MR) is 121 cm³/mol. The van der Waals surface area contributed by atoms with Crippen LogP contribution in [0, 0.1) is 0 Å². The number of carbonyl (C=O) groups is 2. The van der Waals surface area contributed by atoms with Gasteiger partial charge in [0.2, 0.25) is 5.91 Å². The third-order valence-corrected chi connectivity index (χ3v) is 5.24. The Kier molecular flexibility index (Phi) is 5.29. The Morgan fingerprint density at radius 1 is 1.00 bits per heavy atom. The van der Waals surface area contributed by atoms with E-state index in [0.29, 0.717) is 10.6 Å². The van der Waals surface area contributed by atoms with Crippen LogP contribution in [-0.2, 0) is 0 Å². The zero-order valence-corrected chi connectivity index (χ0v) is 17.3. The van der Waals surface area contributed by atoms with Gasteiger partial charge in [-0.1, -0.05) is 41.9 Å². The molecule has 2 aromatic carbocycles. The zero-order valence-electron chi connectivity index (χ0n) is 16.6. The molecule has 2 heterocycles. The second-order valence-electron chi connectivity index (χ2n) is 6.94. The second-order valence-corrected chi connectivity index (χ2v) is 7.37. The van der Waals surface area contributed by atoms with Gasteiger partial charge >= 0.3 is 0 Å². The van der Waals surface area contributed by atoms with Crippen molar-refractivity contribution >= 4 is 34.3 Å². The molecule has 0 saturated carbocycles. The number of hydrogen-bond acceptors (Lipinski definition) is 2. The number of fused-ring (bicyclic) bond motifs is 2. The van der Waals surface area contributed by atoms with Crippen molar-refractivity contribution in [3.05, 3.63) is 83.6 Å². The maximum absolute atomic E-state index is 12.4. The fraction of sp³-hybridized carbons (Fsp3) is 0.0833. The number of H-pyrrole nitrogens is 1. The Balaban J connectivity index is 2.01. The molecule has 2 aromatic rings. The number of pyridine rings is 1. The fourth-order valence-electron chi connectivity index (χ4n) is 3.51. The van der Waals surface area contributed by atoms with E-state index in [0.717, 1.165) is 33.3 Å². The first kappa shape index (κ1) is 19.7. The number of carbonyl (C=O) groups excluding carboxylic acids is 2. The topological polar surface area (TPSA) is 66.9 Å². The molecule has 0 bridgehead atoms. The van der Waals surface area contributed by atoms with E-state index in [-0.39, 0.29) is 11.8 Å². The Labute approximate surface area is 179 Å². The van der Waals surface area contributed by atoms with Gasteiger partial charge in [-0.15, -0.1) is 0 Å². The van der Waals surface area contributed by atoms with Crippen LogP contribution in [0.4, 0.5) is 0 Å². The molecule has 0 aliphatic carbocycles. The lowest BCUT2D eigenvalue weighted by Crippen LogP contribution is -2.18. The molecule has 1 amide bonds. The molecular weight excluding hydrogens is 398 g/mol. The summed E-state index contributed by atoms with van der Waals surface area (Å²) in [5.41, 5.74) is 4.64. The summed E-state index contributed by atoms with van der Waals surface area (Å²) in [6, 6.07) is 18.7. The average molecular weight is 418 g/mol. The van der Waals surface area contributed by atoms with Crippen molar-refractivity contribution in [1.29, 1.82) is 0 Å². The molecule has 0 radical (unpaired) electrons. The molecule has 0 saturated heterocycles. The molecule has 150 valence electrons. The molecule has 2 N–H and O–H groups in total. The van der Waals surface area contributed by atoms with Crippen molar-refractivity contribution in [3.63, 3.8) is 0 Å². The van der Waals surface area contributed by atoms with Crippen LogP contribution in [-0.4, -0.2) is 28.4 Å². The second kappa shape index (κ2) is 8.05. The van der Waals surface area contributed by atoms with Gasteiger partial charge in [0.25, 0.3) is 5.91 Å². The fourth-order valence-corrected chi connectivity index (χ4v) is 3.69. The number of benzene rings is 2. The molecule has 0 spiro atoms. The van der Waals surface area contributed by atoms with Gasteiger partial charge in [0.1, 0.15) is 0 Å². The monoisotopic (exact) mass is 417 g/mol. The van der Waals surface area contributed by atoms with E-state index in [1.54, 1.807) is 23.7 Å². The number of nitrogens with zero attached hydrogens (tertiary/aromatic N) is 1. The summed E-state index contributed by atoms with van der Waals surface area (Å²) in [5.74, 6) is -0.272. The number of nitrogens with one attached hydrogen (secondary N) is 2. The Morgan fingerprint density at radius 3 is 2.57 bits per heavy atom. The maximum atomic E-state index is 12.4. The van der Waals surface area contributed by atoms with Gasteiger partial charge in [0.15, 0.2) is 0 Å². The van der Waals surface area contributed by atoms with Crippen molar-refractivity contribution in [3.8, 4) is 22.4 Å². The molecule has 0 aromatic heterocycles. The largest absolute Gasteiger partial charge is 0.361 e. The van der Waals surface area contributed by atoms with Crippen molar-refractivity contribution in [2.24, 2.45) is 0 Å². The van der Waals surface area contributed by atoms with Crippen LogP contribution in [0.5, 0.6) is 0 Å². The molecule has 30 heavy (non-hydrogen) atoms. The first-order chi connectivity index (χ1) is 14.5. The Bertz CT molecular complexity index is 1300. The SMILES string of the molecule is CNC(=O)c1ccccc1-c1cc2cn(C(C)=O)c3ccc(Cl)cc3ccc-2c[nH]1. The lowest BCUT2D eigenvalue weighted by molar-refractivity contribution is 0.0938. The third kappa shape index (κ3) is 3.67. The van der Waals surface area contributed by atoms with Gasteiger partial charge in [0, 0.05) is 59.2 Å². The molecule has 6 heteroatoms. The minimum atomic E-state index is -0.161. The number of hydrogen-bond donors (Lipinski definition) is 2. The van der Waals surface area contributed by atoms with Crippen molar-refractivity contribution < 1.29 is 9.59 Å². The van der Waals surface area contributed by atoms with Crippen LogP contribution in [0.1, 0.15) is 22.1 Å². The maximum Gasteiger partial charge on any atom is 0.251 e. The highest BCUT2D eigenvalue weighted by atomic mass is 35.5. The van der Waals surface area contributed by atoms with E-state index in [9.17, 15) is 9.59 Å². The van der Waals surface area contributed by atoms with E-state index in [4.69, 9.17) is 11.6 Å². The molecule has 5 nitrogen and oxygen atoms in total. The lowest BCUT2D eigenvalue weighted by Gasteiger charge is -2.13. The van der Waals surface area contributed by atoms with Gasteiger partial charge in [-0.25, -0.2) is 0 Å². The number of amides is 1. The van der Waals surface area contributed by atoms with Crippen LogP contribution in [0.15, 0.2) is 73.1 Å². The van der Waals surface area contributed by atoms with E-state index in [1.165, 1.54) is 6.92 Å². The predicted octanol–water partition coefficient (Wildman–Crippen LogP) is 5.54. The minimum absolute atomic E-state index is 0.111. The molecule has 4 rings (SSSR count). The summed E-state index contributed by atoms with van der Waals surface area (Å²) < 4.78 is 1.61. The lowest BCUT2D eigenvalue weighted by atomic mass is 10.00. The van der Waals surface area contributed by atoms with Crippen LogP contribution in [0.2, 0.25) is 5.02 Å². The average Bonchev–Trinajstić information content (AvgIpc) is 2.74. The summed E-state index contributed by atoms with van der Waals surface area (Å²) >= 11 is 6.15. The quantitative estimate of drug-likeness (QED) is 0.449. The number of aromatic amines is 1. The molecule has 2 aliphatic rings. The van der Waals surface area contributed by atoms with Crippen LogP contribution >= 0.6 is 11.6 Å². The van der Waals surface area contributed by atoms with Gasteiger partial charge in [-0.05, 0) is 35.9 Å². The van der Waals surface area contributed by atoms with Crippen LogP contribution in [0.25, 0.3) is 33.3 Å². The number of rotatable bonds is 2. The van der Waals surface area contributed by atoms with Gasteiger partial charge in [-0.3, -0.25) is 14.2 Å². The molecular formula is C24H20ClN3O2. The summed E-state index contributed by atoms with van der Waals surface area (Å²) in [7, 11) is 1.61. The first-order valence-electron chi connectivity index (χ1n) is 9.47. The summed E-state index contributed by atoms with van der Waals surface area (Å²) in [4.78, 5) is 28.0. The highest BCUT2D eigenvalue weighted by Crippen LogP contribution is 2.29. The molecule has 0 fully saturated rings. The third-order valence-electron chi connectivity index (χ3n) is 5.00. The van der Waals surface area contributed by atoms with Crippen molar-refractivity contribution in [2.45, 2.75) is 6.92 Å². The highest BCUT2D eigenvalue weighted by molar-refractivity contribution is 6.31. The van der Waals surface area contributed by atoms with E-state index < -0.39 is 0 Å². The first-order valence-corrected chi connectivity index (χ1v) is 9.85. The zero-order chi connectivity index (χ0) is 21.3. The highest BCUT2D eigenvalue weighted by Gasteiger charge is 2.13. The molecule has 2 aliphatic heterocycles. The van der Waals surface area contributed by atoms with Gasteiger partial charge in [-0.2, -0.15) is 0 Å². The van der Waals surface area contributed by atoms with E-state index in [1.807, 2.05) is 60.9 Å². The summed E-state index contributed by atoms with van der Waals surface area (Å²) in [6.45, 7) is 1.52. The Hall–Kier alpha value is -3.57. The van der Waals surface area contributed by atoms with Crippen LogP contribution < -0.4 is 5.32 Å². The van der Waals surface area contributed by atoms with E-state index in [2.05, 4.69) is 10.3 Å². The minimum Gasteiger partial charge on any atom is -0.361 e. The standard InChI is InChI=1S/C24H20ClN3O2/c1-15(29)28-14-18-12-22(20-5-3-4-6-21(20)24(30)26-2)27-13-17(18)8-7-16-11-19(25)9-10-23(16)28/h3-14,27H,1-2H3,(H,26,30). The number of aromatic nitrogens is 2. The molecule has 0 unspecified atom stereocenters. The van der Waals surface area contributed by atoms with E-state index >= 15 is 0 Å². The number of halogens is 1. The smallest absolute Gasteiger partial charge is 0.251 e. The van der Waals surface area contributed by atoms with Gasteiger partial charge in [0.05, 0.1) is 5.52 Å². The van der Waals surface area contributed by atoms with Crippen molar-refractivity contribution in [2.75, 3.05) is 7.05 Å². The molecule has 0 atom stereocenters. The van der Waals surface area contributed by atoms with Crippen LogP contribution in [0.3, 0.4) is 0 Å². The van der Waals surface area contributed by atoms with Crippen molar-refractivity contribution in [1.82, 2.24) is 14.9 Å². The summed E-state index contributed by atoms with van der Waals surface area (Å²) in [5, 5.41) is 4.14. The van der Waals surface area contributed by atoms with Gasteiger partial charge < -0.3 is 10.3 Å². The summed E-state index contributed by atoms with van der Waals surface area (Å²) in [6.07, 6.45) is 3.68. The normalized spacial score (nSPS) is 10.8. The Morgan fingerprint density at radius 2 is 1.80 bits per heavy atom.